The summed E-state index contributed by atoms with van der Waals surface area (Å²) in [6.07, 6.45) is 4.18. The van der Waals surface area contributed by atoms with Gasteiger partial charge in [-0.1, -0.05) is 5.16 Å². The minimum Gasteiger partial charge on any atom is -0.361 e. The molecule has 0 saturated carbocycles. The summed E-state index contributed by atoms with van der Waals surface area (Å²) in [5.74, 6) is 1.04. The highest BCUT2D eigenvalue weighted by atomic mass is 16.5. The van der Waals surface area contributed by atoms with E-state index in [-0.39, 0.29) is 5.91 Å². The number of amides is 1. The highest BCUT2D eigenvalue weighted by Crippen LogP contribution is 2.26. The van der Waals surface area contributed by atoms with Crippen molar-refractivity contribution in [2.75, 3.05) is 18.5 Å². The zero-order chi connectivity index (χ0) is 16.4. The maximum atomic E-state index is 12.5. The van der Waals surface area contributed by atoms with Gasteiger partial charge in [-0.25, -0.2) is 9.97 Å². The van der Waals surface area contributed by atoms with Crippen molar-refractivity contribution < 1.29 is 14.4 Å². The summed E-state index contributed by atoms with van der Waals surface area (Å²) in [6, 6.07) is 1.91. The van der Waals surface area contributed by atoms with Crippen LogP contribution in [0.2, 0.25) is 0 Å². The van der Waals surface area contributed by atoms with Crippen LogP contribution in [0, 0.1) is 6.92 Å². The first-order valence-electron chi connectivity index (χ1n) is 7.52. The molecule has 122 valence electrons. The zero-order valence-electron chi connectivity index (χ0n) is 13.1. The monoisotopic (exact) mass is 317 g/mol. The number of rotatable bonds is 5. The molecule has 2 aromatic rings. The minimum absolute atomic E-state index is 0.248. The van der Waals surface area contributed by atoms with E-state index in [1.54, 1.807) is 11.9 Å². The van der Waals surface area contributed by atoms with E-state index in [0.29, 0.717) is 17.9 Å². The van der Waals surface area contributed by atoms with Gasteiger partial charge in [0, 0.05) is 32.3 Å². The zero-order valence-corrected chi connectivity index (χ0v) is 13.1. The molecule has 1 amide bonds. The fraction of sp³-hybridized carbons (Fsp3) is 0.467. The van der Waals surface area contributed by atoms with Gasteiger partial charge in [0.15, 0.2) is 0 Å². The van der Waals surface area contributed by atoms with Crippen LogP contribution in [0.15, 0.2) is 23.1 Å². The smallest absolute Gasteiger partial charge is 0.262 e. The number of anilines is 1. The molecule has 0 spiro atoms. The number of unbranched alkanes of at least 4 members (excludes halogenated alkanes) is 1. The van der Waals surface area contributed by atoms with Crippen LogP contribution in [0.3, 0.4) is 0 Å². The maximum Gasteiger partial charge on any atom is 0.262 e. The van der Waals surface area contributed by atoms with E-state index >= 15 is 0 Å². The van der Waals surface area contributed by atoms with Crippen LogP contribution in [0.25, 0.3) is 0 Å². The summed E-state index contributed by atoms with van der Waals surface area (Å²) in [4.78, 5) is 23.4. The van der Waals surface area contributed by atoms with Crippen LogP contribution in [0.5, 0.6) is 0 Å². The normalized spacial score (nSPS) is 17.5. The number of aliphatic hydroxyl groups is 1. The predicted molar refractivity (Wildman–Crippen MR) is 81.7 cm³/mol. The number of aromatic nitrogens is 3. The Labute approximate surface area is 133 Å². The number of aryl methyl sites for hydroxylation is 2. The summed E-state index contributed by atoms with van der Waals surface area (Å²) in [5.41, 5.74) is 1.27. The molecule has 0 aliphatic carbocycles. The van der Waals surface area contributed by atoms with Gasteiger partial charge in [-0.2, -0.15) is 0 Å². The first-order valence-corrected chi connectivity index (χ1v) is 7.52. The van der Waals surface area contributed by atoms with Gasteiger partial charge in [0.2, 0.25) is 6.35 Å². The molecule has 8 heteroatoms. The van der Waals surface area contributed by atoms with E-state index < -0.39 is 6.35 Å². The summed E-state index contributed by atoms with van der Waals surface area (Å²) in [5, 5.41) is 14.2. The molecule has 1 aliphatic rings. The Bertz CT molecular complexity index is 702. The largest absolute Gasteiger partial charge is 0.361 e. The van der Waals surface area contributed by atoms with Crippen LogP contribution in [0.1, 0.15) is 34.7 Å². The Morgan fingerprint density at radius 1 is 1.39 bits per heavy atom. The Morgan fingerprint density at radius 2 is 2.22 bits per heavy atom. The third-order valence-corrected chi connectivity index (χ3v) is 3.89. The van der Waals surface area contributed by atoms with Crippen LogP contribution < -0.4 is 4.90 Å². The topological polar surface area (TPSA) is 95.6 Å². The molecule has 3 heterocycles. The molecule has 0 fully saturated rings. The lowest BCUT2D eigenvalue weighted by molar-refractivity contribution is 0.00310. The van der Waals surface area contributed by atoms with Crippen LogP contribution >= 0.6 is 0 Å². The third kappa shape index (κ3) is 3.02. The molecule has 0 bridgehead atoms. The van der Waals surface area contributed by atoms with E-state index in [0.717, 1.165) is 30.7 Å². The van der Waals surface area contributed by atoms with Gasteiger partial charge in [0.05, 0.1) is 5.69 Å². The lowest BCUT2D eigenvalue weighted by Gasteiger charge is -2.39. The molecule has 1 atom stereocenters. The Morgan fingerprint density at radius 3 is 2.96 bits per heavy atom. The van der Waals surface area contributed by atoms with E-state index in [1.807, 2.05) is 13.0 Å². The van der Waals surface area contributed by atoms with Gasteiger partial charge < -0.3 is 14.5 Å². The molecule has 8 nitrogen and oxygen atoms in total. The van der Waals surface area contributed by atoms with Crippen molar-refractivity contribution in [1.82, 2.24) is 20.0 Å². The standard InChI is InChI=1S/C15H19N5O3/c1-10-7-11(23-18-10)5-3-4-6-20-14(21)12-8-16-9-17-13(12)19(2)15(20)22/h7-9,15,22H,3-6H2,1-2H3. The van der Waals surface area contributed by atoms with Gasteiger partial charge in [0.25, 0.3) is 5.91 Å². The van der Waals surface area contributed by atoms with Crippen molar-refractivity contribution in [2.45, 2.75) is 32.5 Å². The lowest BCUT2D eigenvalue weighted by atomic mass is 10.1. The highest BCUT2D eigenvalue weighted by molar-refractivity contribution is 6.00. The number of carbonyl (C=O) groups is 1. The molecule has 23 heavy (non-hydrogen) atoms. The van der Waals surface area contributed by atoms with Gasteiger partial charge in [-0.05, 0) is 19.8 Å². The van der Waals surface area contributed by atoms with Crippen molar-refractivity contribution in [3.05, 3.63) is 35.6 Å². The van der Waals surface area contributed by atoms with Crippen molar-refractivity contribution in [1.29, 1.82) is 0 Å². The average molecular weight is 317 g/mol. The number of nitrogens with zero attached hydrogens (tertiary/aromatic N) is 5. The van der Waals surface area contributed by atoms with Gasteiger partial charge >= 0.3 is 0 Å². The fourth-order valence-corrected chi connectivity index (χ4v) is 2.67. The average Bonchev–Trinajstić information content (AvgIpc) is 2.97. The summed E-state index contributed by atoms with van der Waals surface area (Å²) < 4.78 is 5.16. The second-order valence-electron chi connectivity index (χ2n) is 5.61. The Hall–Kier alpha value is -2.48. The summed E-state index contributed by atoms with van der Waals surface area (Å²) in [6.45, 7) is 2.33. The van der Waals surface area contributed by atoms with Gasteiger partial charge in [-0.3, -0.25) is 9.69 Å². The Kier molecular flexibility index (Phi) is 4.24. The minimum atomic E-state index is -1.02. The molecule has 3 rings (SSSR count). The molecular weight excluding hydrogens is 298 g/mol. The second kappa shape index (κ2) is 6.33. The van der Waals surface area contributed by atoms with E-state index in [9.17, 15) is 9.90 Å². The second-order valence-corrected chi connectivity index (χ2v) is 5.61. The number of aliphatic hydroxyl groups excluding tert-OH is 1. The predicted octanol–water partition coefficient (Wildman–Crippen LogP) is 0.964. The van der Waals surface area contributed by atoms with Gasteiger partial charge in [0.1, 0.15) is 23.5 Å². The van der Waals surface area contributed by atoms with Crippen LogP contribution in [-0.2, 0) is 6.42 Å². The van der Waals surface area contributed by atoms with E-state index in [1.165, 1.54) is 17.4 Å². The molecule has 0 saturated heterocycles. The van der Waals surface area contributed by atoms with Crippen LogP contribution in [-0.4, -0.2) is 51.0 Å². The molecule has 1 unspecified atom stereocenters. The summed E-state index contributed by atoms with van der Waals surface area (Å²) >= 11 is 0. The highest BCUT2D eigenvalue weighted by Gasteiger charge is 2.35. The molecule has 1 aliphatic heterocycles. The number of fused-ring (bicyclic) bond motifs is 1. The molecule has 2 aromatic heterocycles. The molecular formula is C15H19N5O3. The first kappa shape index (κ1) is 15.4. The molecule has 1 N–H and O–H groups in total. The molecule has 0 aromatic carbocycles. The maximum absolute atomic E-state index is 12.5. The van der Waals surface area contributed by atoms with Crippen molar-refractivity contribution in [2.24, 2.45) is 0 Å². The SMILES string of the molecule is Cc1cc(CCCCN2C(=O)c3cncnc3N(C)C2O)on1. The van der Waals surface area contributed by atoms with Crippen molar-refractivity contribution >= 4 is 11.7 Å². The quantitative estimate of drug-likeness (QED) is 0.821. The summed E-state index contributed by atoms with van der Waals surface area (Å²) in [7, 11) is 1.70. The number of hydrogen-bond donors (Lipinski definition) is 1. The number of carbonyl (C=O) groups excluding carboxylic acids is 1. The van der Waals surface area contributed by atoms with Gasteiger partial charge in [-0.15, -0.1) is 0 Å². The Balaban J connectivity index is 1.60. The lowest BCUT2D eigenvalue weighted by Crippen LogP contribution is -2.54. The number of hydrogen-bond acceptors (Lipinski definition) is 7. The van der Waals surface area contributed by atoms with Crippen molar-refractivity contribution in [3.8, 4) is 0 Å². The fourth-order valence-electron chi connectivity index (χ4n) is 2.67. The van der Waals surface area contributed by atoms with E-state index in [4.69, 9.17) is 4.52 Å². The van der Waals surface area contributed by atoms with Crippen LogP contribution in [0.4, 0.5) is 5.82 Å². The first-order chi connectivity index (χ1) is 11.1. The van der Waals surface area contributed by atoms with Crippen molar-refractivity contribution in [3.63, 3.8) is 0 Å². The van der Waals surface area contributed by atoms with E-state index in [2.05, 4.69) is 15.1 Å². The molecule has 0 radical (unpaired) electrons. The third-order valence-electron chi connectivity index (χ3n) is 3.89.